The molecule has 1 heterocycles. The Bertz CT molecular complexity index is 487. The van der Waals surface area contributed by atoms with Gasteiger partial charge in [0, 0.05) is 20.2 Å². The number of piperidine rings is 1. The minimum Gasteiger partial charge on any atom is -0.489 e. The summed E-state index contributed by atoms with van der Waals surface area (Å²) in [7, 11) is 1.73. The first kappa shape index (κ1) is 15.8. The van der Waals surface area contributed by atoms with Gasteiger partial charge in [-0.25, -0.2) is 0 Å². The summed E-state index contributed by atoms with van der Waals surface area (Å²) in [5.41, 5.74) is 0.488. The van der Waals surface area contributed by atoms with Gasteiger partial charge in [-0.05, 0) is 31.5 Å². The maximum absolute atomic E-state index is 10.1. The maximum Gasteiger partial charge on any atom is 0.137 e. The summed E-state index contributed by atoms with van der Waals surface area (Å²) in [5, 5.41) is 19.1. The number of aliphatic hydroxyl groups excluding tert-OH is 1. The average molecular weight is 290 g/mol. The predicted octanol–water partition coefficient (Wildman–Crippen LogP) is 1.41. The van der Waals surface area contributed by atoms with Crippen molar-refractivity contribution in [1.82, 2.24) is 4.90 Å². The molecular formula is C16H22N2O3. The fourth-order valence-corrected chi connectivity index (χ4v) is 2.59. The maximum atomic E-state index is 10.1. The van der Waals surface area contributed by atoms with E-state index in [4.69, 9.17) is 14.7 Å². The second-order valence-corrected chi connectivity index (χ2v) is 5.33. The Balaban J connectivity index is 1.79. The molecule has 114 valence electrons. The first-order chi connectivity index (χ1) is 10.2. The SMILES string of the molecule is COC1CCCN(CC(O)COc2ccccc2C#N)C1. The van der Waals surface area contributed by atoms with E-state index in [1.54, 1.807) is 25.3 Å². The van der Waals surface area contributed by atoms with Gasteiger partial charge in [0.05, 0.1) is 11.7 Å². The van der Waals surface area contributed by atoms with Crippen LogP contribution in [-0.2, 0) is 4.74 Å². The van der Waals surface area contributed by atoms with Crippen molar-refractivity contribution in [1.29, 1.82) is 5.26 Å². The van der Waals surface area contributed by atoms with Gasteiger partial charge in [-0.3, -0.25) is 4.90 Å². The number of likely N-dealkylation sites (tertiary alicyclic amines) is 1. The normalized spacial score (nSPS) is 20.7. The molecule has 0 spiro atoms. The molecule has 0 radical (unpaired) electrons. The third-order valence-corrected chi connectivity index (χ3v) is 3.70. The molecule has 1 N–H and O–H groups in total. The van der Waals surface area contributed by atoms with Gasteiger partial charge in [-0.1, -0.05) is 12.1 Å². The Morgan fingerprint density at radius 1 is 1.48 bits per heavy atom. The Morgan fingerprint density at radius 2 is 2.29 bits per heavy atom. The van der Waals surface area contributed by atoms with E-state index in [0.29, 0.717) is 17.9 Å². The van der Waals surface area contributed by atoms with Crippen LogP contribution < -0.4 is 4.74 Å². The zero-order chi connectivity index (χ0) is 15.1. The van der Waals surface area contributed by atoms with E-state index in [1.165, 1.54) is 0 Å². The van der Waals surface area contributed by atoms with Crippen molar-refractivity contribution in [3.05, 3.63) is 29.8 Å². The van der Waals surface area contributed by atoms with Crippen LogP contribution in [0, 0.1) is 11.3 Å². The standard InChI is InChI=1S/C16H22N2O3/c1-20-15-6-4-8-18(11-15)10-14(19)12-21-16-7-3-2-5-13(16)9-17/h2-3,5,7,14-15,19H,4,6,8,10-12H2,1H3. The van der Waals surface area contributed by atoms with Gasteiger partial charge in [-0.2, -0.15) is 5.26 Å². The number of nitriles is 1. The smallest absolute Gasteiger partial charge is 0.137 e. The molecule has 0 saturated carbocycles. The number of hydrogen-bond donors (Lipinski definition) is 1. The molecule has 2 atom stereocenters. The minimum atomic E-state index is -0.577. The van der Waals surface area contributed by atoms with Gasteiger partial charge >= 0.3 is 0 Å². The van der Waals surface area contributed by atoms with Crippen LogP contribution in [0.2, 0.25) is 0 Å². The van der Waals surface area contributed by atoms with Crippen molar-refractivity contribution >= 4 is 0 Å². The van der Waals surface area contributed by atoms with Gasteiger partial charge in [0.25, 0.3) is 0 Å². The van der Waals surface area contributed by atoms with Crippen LogP contribution in [0.5, 0.6) is 5.75 Å². The zero-order valence-electron chi connectivity index (χ0n) is 12.4. The van der Waals surface area contributed by atoms with E-state index < -0.39 is 6.10 Å². The highest BCUT2D eigenvalue weighted by Gasteiger charge is 2.21. The van der Waals surface area contributed by atoms with E-state index >= 15 is 0 Å². The summed E-state index contributed by atoms with van der Waals surface area (Å²) in [6.07, 6.45) is 1.84. The largest absolute Gasteiger partial charge is 0.489 e. The first-order valence-corrected chi connectivity index (χ1v) is 7.28. The van der Waals surface area contributed by atoms with E-state index in [-0.39, 0.29) is 12.7 Å². The molecule has 1 fully saturated rings. The molecule has 1 saturated heterocycles. The number of para-hydroxylation sites is 1. The minimum absolute atomic E-state index is 0.187. The summed E-state index contributed by atoms with van der Waals surface area (Å²) in [4.78, 5) is 2.20. The number of ether oxygens (including phenoxy) is 2. The molecule has 1 aromatic rings. The number of β-amino-alcohol motifs (C(OH)–C–C–N with tert-alkyl or cyclic N) is 1. The molecule has 2 unspecified atom stereocenters. The van der Waals surface area contributed by atoms with Crippen LogP contribution in [0.25, 0.3) is 0 Å². The van der Waals surface area contributed by atoms with E-state index in [1.807, 2.05) is 6.07 Å². The van der Waals surface area contributed by atoms with Gasteiger partial charge in [0.2, 0.25) is 0 Å². The summed E-state index contributed by atoms with van der Waals surface area (Å²) in [6, 6.07) is 9.14. The fourth-order valence-electron chi connectivity index (χ4n) is 2.59. The van der Waals surface area contributed by atoms with E-state index in [0.717, 1.165) is 25.9 Å². The Kier molecular flexibility index (Phi) is 6.00. The summed E-state index contributed by atoms with van der Waals surface area (Å²) in [6.45, 7) is 2.58. The topological polar surface area (TPSA) is 65.7 Å². The van der Waals surface area contributed by atoms with Crippen molar-refractivity contribution in [2.45, 2.75) is 25.0 Å². The van der Waals surface area contributed by atoms with Crippen molar-refractivity contribution in [3.8, 4) is 11.8 Å². The molecule has 21 heavy (non-hydrogen) atoms. The lowest BCUT2D eigenvalue weighted by Crippen LogP contribution is -2.44. The lowest BCUT2D eigenvalue weighted by atomic mass is 10.1. The molecule has 5 heteroatoms. The molecule has 5 nitrogen and oxygen atoms in total. The molecule has 0 aromatic heterocycles. The predicted molar refractivity (Wildman–Crippen MR) is 79.1 cm³/mol. The lowest BCUT2D eigenvalue weighted by molar-refractivity contribution is 0.00443. The third kappa shape index (κ3) is 4.71. The molecule has 0 bridgehead atoms. The number of nitrogens with zero attached hydrogens (tertiary/aromatic N) is 2. The first-order valence-electron chi connectivity index (χ1n) is 7.28. The molecule has 2 rings (SSSR count). The molecule has 1 aliphatic heterocycles. The van der Waals surface area contributed by atoms with Crippen LogP contribution in [0.3, 0.4) is 0 Å². The Hall–Kier alpha value is -1.61. The molecular weight excluding hydrogens is 268 g/mol. The van der Waals surface area contributed by atoms with Crippen LogP contribution in [0.1, 0.15) is 18.4 Å². The third-order valence-electron chi connectivity index (χ3n) is 3.70. The van der Waals surface area contributed by atoms with Crippen molar-refractivity contribution in [2.24, 2.45) is 0 Å². The average Bonchev–Trinajstić information content (AvgIpc) is 2.53. The number of benzene rings is 1. The van der Waals surface area contributed by atoms with Gasteiger partial charge in [-0.15, -0.1) is 0 Å². The zero-order valence-corrected chi connectivity index (χ0v) is 12.4. The number of rotatable bonds is 6. The monoisotopic (exact) mass is 290 g/mol. The second-order valence-electron chi connectivity index (χ2n) is 5.33. The van der Waals surface area contributed by atoms with Crippen LogP contribution in [-0.4, -0.2) is 55.6 Å². The summed E-state index contributed by atoms with van der Waals surface area (Å²) >= 11 is 0. The Labute approximate surface area is 125 Å². The summed E-state index contributed by atoms with van der Waals surface area (Å²) < 4.78 is 10.9. The van der Waals surface area contributed by atoms with Crippen molar-refractivity contribution in [3.63, 3.8) is 0 Å². The van der Waals surface area contributed by atoms with E-state index in [2.05, 4.69) is 11.0 Å². The molecule has 0 aliphatic carbocycles. The quantitative estimate of drug-likeness (QED) is 0.858. The van der Waals surface area contributed by atoms with Crippen LogP contribution in [0.4, 0.5) is 0 Å². The van der Waals surface area contributed by atoms with Crippen molar-refractivity contribution in [2.75, 3.05) is 33.4 Å². The molecule has 1 aromatic carbocycles. The lowest BCUT2D eigenvalue weighted by Gasteiger charge is -2.33. The fraction of sp³-hybridized carbons (Fsp3) is 0.562. The number of aliphatic hydroxyl groups is 1. The Morgan fingerprint density at radius 3 is 3.05 bits per heavy atom. The van der Waals surface area contributed by atoms with Gasteiger partial charge < -0.3 is 14.6 Å². The van der Waals surface area contributed by atoms with Crippen LogP contribution >= 0.6 is 0 Å². The molecule has 0 amide bonds. The second kappa shape index (κ2) is 7.99. The highest BCUT2D eigenvalue weighted by Crippen LogP contribution is 2.17. The van der Waals surface area contributed by atoms with Crippen LogP contribution in [0.15, 0.2) is 24.3 Å². The number of hydrogen-bond acceptors (Lipinski definition) is 5. The van der Waals surface area contributed by atoms with Gasteiger partial charge in [0.1, 0.15) is 24.5 Å². The molecule has 1 aliphatic rings. The van der Waals surface area contributed by atoms with Crippen molar-refractivity contribution < 1.29 is 14.6 Å². The highest BCUT2D eigenvalue weighted by molar-refractivity contribution is 5.42. The highest BCUT2D eigenvalue weighted by atomic mass is 16.5. The van der Waals surface area contributed by atoms with E-state index in [9.17, 15) is 5.11 Å². The number of methoxy groups -OCH3 is 1. The van der Waals surface area contributed by atoms with Gasteiger partial charge in [0.15, 0.2) is 0 Å². The summed E-state index contributed by atoms with van der Waals surface area (Å²) in [5.74, 6) is 0.521.